The number of hydrogen-bond acceptors (Lipinski definition) is 5. The highest BCUT2D eigenvalue weighted by molar-refractivity contribution is 7.91. The summed E-state index contributed by atoms with van der Waals surface area (Å²) >= 11 is 0. The van der Waals surface area contributed by atoms with Crippen molar-refractivity contribution < 1.29 is 22.0 Å². The molecular formula is C18H17NO5S. The van der Waals surface area contributed by atoms with E-state index < -0.39 is 9.84 Å². The molecule has 6 nitrogen and oxygen atoms in total. The molecule has 0 saturated carbocycles. The molecule has 0 aliphatic carbocycles. The lowest BCUT2D eigenvalue weighted by molar-refractivity contribution is 0.0636. The number of hydrogen-bond donors (Lipinski definition) is 0. The number of carbonyl (C=O) groups is 1. The van der Waals surface area contributed by atoms with E-state index in [-0.39, 0.29) is 35.8 Å². The van der Waals surface area contributed by atoms with Crippen molar-refractivity contribution in [1.82, 2.24) is 4.90 Å². The van der Waals surface area contributed by atoms with E-state index in [4.69, 9.17) is 8.83 Å². The Labute approximate surface area is 144 Å². The normalized spacial score (nSPS) is 19.3. The lowest BCUT2D eigenvalue weighted by Crippen LogP contribution is -2.40. The molecule has 3 aromatic rings. The van der Waals surface area contributed by atoms with Crippen LogP contribution in [0.25, 0.3) is 11.0 Å². The number of nitrogens with zero attached hydrogens (tertiary/aromatic N) is 1. The van der Waals surface area contributed by atoms with E-state index in [1.54, 1.807) is 29.2 Å². The fraction of sp³-hybridized carbons (Fsp3) is 0.278. The molecule has 1 aliphatic rings. The van der Waals surface area contributed by atoms with Gasteiger partial charge in [-0.25, -0.2) is 8.42 Å². The monoisotopic (exact) mass is 359 g/mol. The molecule has 4 rings (SSSR count). The number of benzene rings is 1. The number of sulfone groups is 1. The summed E-state index contributed by atoms with van der Waals surface area (Å²) in [7, 11) is -3.11. The Bertz CT molecular complexity index is 970. The van der Waals surface area contributed by atoms with Crippen LogP contribution in [0.4, 0.5) is 0 Å². The van der Waals surface area contributed by atoms with E-state index in [9.17, 15) is 13.2 Å². The molecule has 1 amide bonds. The van der Waals surface area contributed by atoms with Crippen LogP contribution in [-0.2, 0) is 16.4 Å². The Morgan fingerprint density at radius 3 is 2.72 bits per heavy atom. The molecule has 0 spiro atoms. The topological polar surface area (TPSA) is 80.7 Å². The zero-order valence-corrected chi connectivity index (χ0v) is 14.2. The number of carbonyl (C=O) groups excluding carboxylic acids is 1. The molecule has 1 fully saturated rings. The first-order valence-electron chi connectivity index (χ1n) is 8.04. The van der Waals surface area contributed by atoms with Crippen molar-refractivity contribution in [2.75, 3.05) is 11.5 Å². The number of fused-ring (bicyclic) bond motifs is 1. The second-order valence-electron chi connectivity index (χ2n) is 6.22. The standard InChI is InChI=1S/C18H17NO5S/c20-18(17-10-13-4-1-2-6-16(13)24-17)19(11-15-5-3-8-23-15)14-7-9-25(21,22)12-14/h1-6,8,10,14H,7,9,11-12H2/t14-/m1/s1. The summed E-state index contributed by atoms with van der Waals surface area (Å²) in [6, 6.07) is 12.2. The average Bonchev–Trinajstić information content (AvgIpc) is 3.30. The highest BCUT2D eigenvalue weighted by Crippen LogP contribution is 2.25. The van der Waals surface area contributed by atoms with Crippen LogP contribution in [0.3, 0.4) is 0 Å². The molecule has 25 heavy (non-hydrogen) atoms. The first-order chi connectivity index (χ1) is 12.0. The van der Waals surface area contributed by atoms with Crippen molar-refractivity contribution in [3.8, 4) is 0 Å². The number of amides is 1. The predicted octanol–water partition coefficient (Wildman–Crippen LogP) is 2.86. The summed E-state index contributed by atoms with van der Waals surface area (Å²) in [5.74, 6) is 0.555. The zero-order valence-electron chi connectivity index (χ0n) is 13.4. The Kier molecular flexibility index (Phi) is 3.88. The minimum atomic E-state index is -3.11. The first-order valence-corrected chi connectivity index (χ1v) is 9.86. The van der Waals surface area contributed by atoms with Gasteiger partial charge in [0.1, 0.15) is 11.3 Å². The van der Waals surface area contributed by atoms with Gasteiger partial charge in [0.05, 0.1) is 24.3 Å². The van der Waals surface area contributed by atoms with E-state index in [1.165, 1.54) is 6.26 Å². The van der Waals surface area contributed by atoms with Gasteiger partial charge in [0.2, 0.25) is 0 Å². The van der Waals surface area contributed by atoms with Gasteiger partial charge in [0.25, 0.3) is 5.91 Å². The first kappa shape index (κ1) is 16.0. The molecular weight excluding hydrogens is 342 g/mol. The van der Waals surface area contributed by atoms with Crippen molar-refractivity contribution in [1.29, 1.82) is 0 Å². The quantitative estimate of drug-likeness (QED) is 0.715. The van der Waals surface area contributed by atoms with Crippen molar-refractivity contribution in [3.63, 3.8) is 0 Å². The third-order valence-electron chi connectivity index (χ3n) is 4.45. The largest absolute Gasteiger partial charge is 0.467 e. The second kappa shape index (κ2) is 6.07. The average molecular weight is 359 g/mol. The molecule has 1 aromatic carbocycles. The highest BCUT2D eigenvalue weighted by Gasteiger charge is 2.36. The fourth-order valence-electron chi connectivity index (χ4n) is 3.19. The Morgan fingerprint density at radius 1 is 1.20 bits per heavy atom. The SMILES string of the molecule is O=C(c1cc2ccccc2o1)N(Cc1ccco1)[C@@H]1CCS(=O)(=O)C1. The summed E-state index contributed by atoms with van der Waals surface area (Å²) in [6.45, 7) is 0.211. The summed E-state index contributed by atoms with van der Waals surface area (Å²) in [4.78, 5) is 14.6. The van der Waals surface area contributed by atoms with Crippen LogP contribution in [0, 0.1) is 0 Å². The highest BCUT2D eigenvalue weighted by atomic mass is 32.2. The van der Waals surface area contributed by atoms with Crippen LogP contribution in [0.2, 0.25) is 0 Å². The van der Waals surface area contributed by atoms with Gasteiger partial charge >= 0.3 is 0 Å². The summed E-state index contributed by atoms with van der Waals surface area (Å²) in [5, 5.41) is 0.836. The molecule has 2 aromatic heterocycles. The van der Waals surface area contributed by atoms with Gasteiger partial charge in [-0.3, -0.25) is 4.79 Å². The molecule has 0 N–H and O–H groups in total. The van der Waals surface area contributed by atoms with Crippen LogP contribution >= 0.6 is 0 Å². The molecule has 0 radical (unpaired) electrons. The van der Waals surface area contributed by atoms with Gasteiger partial charge in [-0.05, 0) is 30.7 Å². The molecule has 130 valence electrons. The minimum absolute atomic E-state index is 0.0281. The van der Waals surface area contributed by atoms with Crippen molar-refractivity contribution in [2.45, 2.75) is 19.0 Å². The van der Waals surface area contributed by atoms with E-state index >= 15 is 0 Å². The van der Waals surface area contributed by atoms with Gasteiger partial charge in [-0.1, -0.05) is 18.2 Å². The Hall–Kier alpha value is -2.54. The second-order valence-corrected chi connectivity index (χ2v) is 8.45. The molecule has 0 bridgehead atoms. The molecule has 1 atom stereocenters. The van der Waals surface area contributed by atoms with Crippen LogP contribution in [0.15, 0.2) is 57.6 Å². The van der Waals surface area contributed by atoms with Gasteiger partial charge < -0.3 is 13.7 Å². The lowest BCUT2D eigenvalue weighted by Gasteiger charge is -2.26. The van der Waals surface area contributed by atoms with Crippen LogP contribution < -0.4 is 0 Å². The van der Waals surface area contributed by atoms with Crippen molar-refractivity contribution in [2.24, 2.45) is 0 Å². The minimum Gasteiger partial charge on any atom is -0.467 e. The predicted molar refractivity (Wildman–Crippen MR) is 91.9 cm³/mol. The summed E-state index contributed by atoms with van der Waals surface area (Å²) in [5.41, 5.74) is 0.628. The molecule has 1 aliphatic heterocycles. The van der Waals surface area contributed by atoms with Crippen LogP contribution in [-0.4, -0.2) is 36.8 Å². The van der Waals surface area contributed by atoms with E-state index in [0.717, 1.165) is 5.39 Å². The maximum Gasteiger partial charge on any atom is 0.290 e. The Morgan fingerprint density at radius 2 is 2.04 bits per heavy atom. The smallest absolute Gasteiger partial charge is 0.290 e. The number of rotatable bonds is 4. The number of para-hydroxylation sites is 1. The molecule has 7 heteroatoms. The van der Waals surface area contributed by atoms with Gasteiger partial charge in [-0.15, -0.1) is 0 Å². The summed E-state index contributed by atoms with van der Waals surface area (Å²) in [6.07, 6.45) is 1.96. The third-order valence-corrected chi connectivity index (χ3v) is 6.20. The third kappa shape index (κ3) is 3.19. The molecule has 3 heterocycles. The van der Waals surface area contributed by atoms with Crippen LogP contribution in [0.1, 0.15) is 22.7 Å². The molecule has 0 unspecified atom stereocenters. The van der Waals surface area contributed by atoms with E-state index in [1.807, 2.05) is 18.2 Å². The summed E-state index contributed by atoms with van der Waals surface area (Å²) < 4.78 is 34.7. The lowest BCUT2D eigenvalue weighted by atomic mass is 10.2. The van der Waals surface area contributed by atoms with E-state index in [0.29, 0.717) is 17.8 Å². The van der Waals surface area contributed by atoms with Gasteiger partial charge in [0.15, 0.2) is 15.6 Å². The zero-order chi connectivity index (χ0) is 17.4. The maximum atomic E-state index is 13.0. The van der Waals surface area contributed by atoms with Gasteiger partial charge in [0, 0.05) is 11.4 Å². The van der Waals surface area contributed by atoms with Crippen LogP contribution in [0.5, 0.6) is 0 Å². The number of furan rings is 2. The van der Waals surface area contributed by atoms with Crippen molar-refractivity contribution in [3.05, 3.63) is 60.2 Å². The molecule has 1 saturated heterocycles. The Balaban J connectivity index is 1.67. The van der Waals surface area contributed by atoms with Gasteiger partial charge in [-0.2, -0.15) is 0 Å². The van der Waals surface area contributed by atoms with Crippen molar-refractivity contribution >= 4 is 26.7 Å². The maximum absolute atomic E-state index is 13.0. The fourth-order valence-corrected chi connectivity index (χ4v) is 4.92. The van der Waals surface area contributed by atoms with E-state index in [2.05, 4.69) is 0 Å².